The second-order valence-electron chi connectivity index (χ2n) is 3.82. The van der Waals surface area contributed by atoms with E-state index in [1.807, 2.05) is 0 Å². The highest BCUT2D eigenvalue weighted by atomic mass is 35.5. The minimum atomic E-state index is -1.25. The van der Waals surface area contributed by atoms with E-state index in [0.29, 0.717) is 15.5 Å². The van der Waals surface area contributed by atoms with Crippen LogP contribution in [0.1, 0.15) is 5.56 Å². The van der Waals surface area contributed by atoms with Gasteiger partial charge >= 0.3 is 12.0 Å². The first-order valence-electron chi connectivity index (χ1n) is 5.29. The topological polar surface area (TPSA) is 86.7 Å². The number of halogens is 1. The molecule has 98 valence electrons. The number of nitrogens with one attached hydrogen (secondary N) is 1. The number of aliphatic carboxylic acids is 1. The molecule has 0 unspecified atom stereocenters. The highest BCUT2D eigenvalue weighted by Crippen LogP contribution is 2.15. The van der Waals surface area contributed by atoms with Crippen LogP contribution in [0.3, 0.4) is 0 Å². The SMILES string of the molecule is O=C(O)CN1C(=O)NC(=Cc2ccc(Cl)cc2)C1=O. The van der Waals surface area contributed by atoms with Gasteiger partial charge in [0.25, 0.3) is 5.91 Å². The Balaban J connectivity index is 2.23. The number of carbonyl (C=O) groups excluding carboxylic acids is 2. The molecule has 0 spiro atoms. The van der Waals surface area contributed by atoms with Crippen molar-refractivity contribution in [3.8, 4) is 0 Å². The smallest absolute Gasteiger partial charge is 0.329 e. The summed E-state index contributed by atoms with van der Waals surface area (Å²) in [6.45, 7) is -0.664. The third-order valence-electron chi connectivity index (χ3n) is 2.44. The van der Waals surface area contributed by atoms with E-state index in [4.69, 9.17) is 16.7 Å². The summed E-state index contributed by atoms with van der Waals surface area (Å²) in [4.78, 5) is 34.4. The van der Waals surface area contributed by atoms with Crippen LogP contribution in [0.15, 0.2) is 30.0 Å². The summed E-state index contributed by atoms with van der Waals surface area (Å²) in [5.41, 5.74) is 0.707. The highest BCUT2D eigenvalue weighted by Gasteiger charge is 2.34. The summed E-state index contributed by atoms with van der Waals surface area (Å²) in [6.07, 6.45) is 1.46. The molecular weight excluding hydrogens is 272 g/mol. The Morgan fingerprint density at radius 2 is 1.95 bits per heavy atom. The zero-order valence-electron chi connectivity index (χ0n) is 9.59. The van der Waals surface area contributed by atoms with Gasteiger partial charge in [0, 0.05) is 5.02 Å². The van der Waals surface area contributed by atoms with E-state index in [-0.39, 0.29) is 5.70 Å². The molecule has 2 N–H and O–H groups in total. The van der Waals surface area contributed by atoms with Crippen molar-refractivity contribution in [3.63, 3.8) is 0 Å². The fraction of sp³-hybridized carbons (Fsp3) is 0.0833. The minimum Gasteiger partial charge on any atom is -0.480 e. The average Bonchev–Trinajstić information content (AvgIpc) is 2.60. The Kier molecular flexibility index (Phi) is 3.52. The van der Waals surface area contributed by atoms with Crippen molar-refractivity contribution >= 4 is 35.6 Å². The Morgan fingerprint density at radius 1 is 1.32 bits per heavy atom. The summed E-state index contributed by atoms with van der Waals surface area (Å²) >= 11 is 5.73. The van der Waals surface area contributed by atoms with Gasteiger partial charge in [-0.2, -0.15) is 0 Å². The quantitative estimate of drug-likeness (QED) is 0.646. The number of nitrogens with zero attached hydrogens (tertiary/aromatic N) is 1. The Labute approximate surface area is 113 Å². The number of rotatable bonds is 3. The lowest BCUT2D eigenvalue weighted by molar-refractivity contribution is -0.140. The molecule has 0 radical (unpaired) electrons. The van der Waals surface area contributed by atoms with Crippen LogP contribution in [0.25, 0.3) is 6.08 Å². The van der Waals surface area contributed by atoms with Crippen molar-refractivity contribution in [2.45, 2.75) is 0 Å². The average molecular weight is 281 g/mol. The van der Waals surface area contributed by atoms with Crippen molar-refractivity contribution in [1.82, 2.24) is 10.2 Å². The lowest BCUT2D eigenvalue weighted by atomic mass is 10.2. The molecule has 1 heterocycles. The lowest BCUT2D eigenvalue weighted by Crippen LogP contribution is -2.35. The van der Waals surface area contributed by atoms with E-state index in [9.17, 15) is 14.4 Å². The standard InChI is InChI=1S/C12H9ClN2O4/c13-8-3-1-7(2-4-8)5-9-11(18)15(6-10(16)17)12(19)14-9/h1-5H,6H2,(H,14,19)(H,16,17). The van der Waals surface area contributed by atoms with Crippen molar-refractivity contribution in [2.24, 2.45) is 0 Å². The summed E-state index contributed by atoms with van der Waals surface area (Å²) in [5.74, 6) is -1.92. The van der Waals surface area contributed by atoms with E-state index in [1.54, 1.807) is 24.3 Å². The highest BCUT2D eigenvalue weighted by molar-refractivity contribution is 6.30. The summed E-state index contributed by atoms with van der Waals surface area (Å²) in [7, 11) is 0. The number of amides is 3. The number of carboxylic acid groups (broad SMARTS) is 1. The van der Waals surface area contributed by atoms with Gasteiger partial charge < -0.3 is 10.4 Å². The molecule has 0 aromatic heterocycles. The van der Waals surface area contributed by atoms with E-state index in [2.05, 4.69) is 5.32 Å². The maximum atomic E-state index is 11.8. The van der Waals surface area contributed by atoms with Gasteiger partial charge in [-0.05, 0) is 23.8 Å². The van der Waals surface area contributed by atoms with Crippen molar-refractivity contribution in [3.05, 3.63) is 40.5 Å². The number of hydrogen-bond acceptors (Lipinski definition) is 3. The summed E-state index contributed by atoms with van der Waals surface area (Å²) < 4.78 is 0. The van der Waals surface area contributed by atoms with Gasteiger partial charge in [0.05, 0.1) is 0 Å². The normalized spacial score (nSPS) is 16.9. The van der Waals surface area contributed by atoms with Gasteiger partial charge in [0.15, 0.2) is 0 Å². The molecule has 1 aromatic rings. The van der Waals surface area contributed by atoms with Crippen molar-refractivity contribution in [2.75, 3.05) is 6.54 Å². The zero-order chi connectivity index (χ0) is 14.0. The van der Waals surface area contributed by atoms with Gasteiger partial charge in [0.2, 0.25) is 0 Å². The van der Waals surface area contributed by atoms with Gasteiger partial charge in [-0.25, -0.2) is 9.69 Å². The third-order valence-corrected chi connectivity index (χ3v) is 2.69. The van der Waals surface area contributed by atoms with Gasteiger partial charge in [-0.1, -0.05) is 23.7 Å². The fourth-order valence-electron chi connectivity index (χ4n) is 1.58. The molecule has 1 aromatic carbocycles. The summed E-state index contributed by atoms with van der Waals surface area (Å²) in [5, 5.41) is 11.5. The molecule has 19 heavy (non-hydrogen) atoms. The van der Waals surface area contributed by atoms with Crippen molar-refractivity contribution < 1.29 is 19.5 Å². The molecule has 0 atom stereocenters. The molecular formula is C12H9ClN2O4. The molecule has 7 heteroatoms. The number of imide groups is 1. The maximum Gasteiger partial charge on any atom is 0.329 e. The first kappa shape index (κ1) is 13.1. The van der Waals surface area contributed by atoms with Gasteiger partial charge in [0.1, 0.15) is 12.2 Å². The molecule has 1 saturated heterocycles. The predicted molar refractivity (Wildman–Crippen MR) is 67.3 cm³/mol. The Hall–Kier alpha value is -2.34. The van der Waals surface area contributed by atoms with E-state index in [1.165, 1.54) is 6.08 Å². The van der Waals surface area contributed by atoms with Crippen molar-refractivity contribution in [1.29, 1.82) is 0 Å². The minimum absolute atomic E-state index is 0.0357. The third kappa shape index (κ3) is 2.92. The van der Waals surface area contributed by atoms with Crippen LogP contribution in [0.4, 0.5) is 4.79 Å². The van der Waals surface area contributed by atoms with Crippen LogP contribution in [0.5, 0.6) is 0 Å². The number of urea groups is 1. The van der Waals surface area contributed by atoms with Crippen LogP contribution in [-0.2, 0) is 9.59 Å². The van der Waals surface area contributed by atoms with E-state index < -0.39 is 24.5 Å². The van der Waals surface area contributed by atoms with Crippen LogP contribution < -0.4 is 5.32 Å². The predicted octanol–water partition coefficient (Wildman–Crippen LogP) is 1.32. The summed E-state index contributed by atoms with van der Waals surface area (Å²) in [6, 6.07) is 5.89. The van der Waals surface area contributed by atoms with Crippen LogP contribution in [0, 0.1) is 0 Å². The first-order valence-corrected chi connectivity index (χ1v) is 5.67. The van der Waals surface area contributed by atoms with Crippen LogP contribution in [-0.4, -0.2) is 34.5 Å². The Bertz CT molecular complexity index is 580. The first-order chi connectivity index (χ1) is 8.97. The number of benzene rings is 1. The van der Waals surface area contributed by atoms with Gasteiger partial charge in [-0.3, -0.25) is 9.59 Å². The van der Waals surface area contributed by atoms with E-state index >= 15 is 0 Å². The van der Waals surface area contributed by atoms with E-state index in [0.717, 1.165) is 0 Å². The molecule has 3 amide bonds. The second kappa shape index (κ2) is 5.11. The maximum absolute atomic E-state index is 11.8. The molecule has 0 aliphatic carbocycles. The monoisotopic (exact) mass is 280 g/mol. The molecule has 1 aliphatic heterocycles. The Morgan fingerprint density at radius 3 is 2.53 bits per heavy atom. The number of hydrogen-bond donors (Lipinski definition) is 2. The largest absolute Gasteiger partial charge is 0.480 e. The number of carboxylic acids is 1. The molecule has 0 bridgehead atoms. The van der Waals surface area contributed by atoms with Gasteiger partial charge in [-0.15, -0.1) is 0 Å². The molecule has 6 nitrogen and oxygen atoms in total. The molecule has 0 saturated carbocycles. The molecule has 2 rings (SSSR count). The number of carbonyl (C=O) groups is 3. The zero-order valence-corrected chi connectivity index (χ0v) is 10.3. The second-order valence-corrected chi connectivity index (χ2v) is 4.26. The molecule has 1 aliphatic rings. The lowest BCUT2D eigenvalue weighted by Gasteiger charge is -2.06. The fourth-order valence-corrected chi connectivity index (χ4v) is 1.70. The van der Waals surface area contributed by atoms with Crippen LogP contribution >= 0.6 is 11.6 Å². The molecule has 1 fully saturated rings. The van der Waals surface area contributed by atoms with Crippen LogP contribution in [0.2, 0.25) is 5.02 Å².